The van der Waals surface area contributed by atoms with Crippen LogP contribution >= 0.6 is 0 Å². The largest absolute Gasteiger partial charge is 0.341 e. The molecule has 1 saturated heterocycles. The molecule has 0 aromatic carbocycles. The maximum atomic E-state index is 12.0. The van der Waals surface area contributed by atoms with Crippen LogP contribution in [0.3, 0.4) is 0 Å². The van der Waals surface area contributed by atoms with Gasteiger partial charge in [0.1, 0.15) is 5.41 Å². The van der Waals surface area contributed by atoms with Crippen molar-refractivity contribution in [1.82, 2.24) is 4.90 Å². The molecule has 0 radical (unpaired) electrons. The monoisotopic (exact) mass is 192 g/mol. The summed E-state index contributed by atoms with van der Waals surface area (Å²) in [4.78, 5) is 13.9. The van der Waals surface area contributed by atoms with Crippen molar-refractivity contribution in [3.63, 3.8) is 0 Å². The van der Waals surface area contributed by atoms with E-state index in [1.807, 2.05) is 4.90 Å². The van der Waals surface area contributed by atoms with Crippen molar-refractivity contribution in [2.24, 2.45) is 5.41 Å². The SMILES string of the molecule is N#CC1(C(=O)N2CCCCC2)CCC1. The van der Waals surface area contributed by atoms with Crippen molar-refractivity contribution in [1.29, 1.82) is 5.26 Å². The van der Waals surface area contributed by atoms with E-state index in [-0.39, 0.29) is 5.91 Å². The lowest BCUT2D eigenvalue weighted by molar-refractivity contribution is -0.143. The van der Waals surface area contributed by atoms with Gasteiger partial charge in [-0.2, -0.15) is 5.26 Å². The van der Waals surface area contributed by atoms with Crippen molar-refractivity contribution in [3.8, 4) is 6.07 Å². The summed E-state index contributed by atoms with van der Waals surface area (Å²) < 4.78 is 0. The van der Waals surface area contributed by atoms with Gasteiger partial charge in [0.05, 0.1) is 6.07 Å². The van der Waals surface area contributed by atoms with Gasteiger partial charge in [-0.3, -0.25) is 4.79 Å². The molecule has 1 heterocycles. The summed E-state index contributed by atoms with van der Waals surface area (Å²) in [6.45, 7) is 1.73. The van der Waals surface area contributed by atoms with Crippen LogP contribution < -0.4 is 0 Å². The number of carbonyl (C=O) groups excluding carboxylic acids is 1. The molecule has 1 aliphatic heterocycles. The van der Waals surface area contributed by atoms with Crippen molar-refractivity contribution in [3.05, 3.63) is 0 Å². The molecule has 0 bridgehead atoms. The second-order valence-corrected chi connectivity index (χ2v) is 4.40. The first-order valence-electron chi connectivity index (χ1n) is 5.49. The van der Waals surface area contributed by atoms with Crippen LogP contribution in [0.25, 0.3) is 0 Å². The third-order valence-corrected chi connectivity index (χ3v) is 3.47. The van der Waals surface area contributed by atoms with Crippen LogP contribution in [0.15, 0.2) is 0 Å². The Morgan fingerprint density at radius 1 is 1.14 bits per heavy atom. The lowest BCUT2D eigenvalue weighted by Gasteiger charge is -2.39. The number of piperidine rings is 1. The fraction of sp³-hybridized carbons (Fsp3) is 0.818. The zero-order valence-electron chi connectivity index (χ0n) is 8.46. The molecule has 3 nitrogen and oxygen atoms in total. The molecule has 0 aromatic rings. The number of likely N-dealkylation sites (tertiary alicyclic amines) is 1. The molecule has 76 valence electrons. The lowest BCUT2D eigenvalue weighted by Crippen LogP contribution is -2.48. The molecule has 14 heavy (non-hydrogen) atoms. The molecule has 2 aliphatic rings. The highest BCUT2D eigenvalue weighted by Crippen LogP contribution is 2.42. The quantitative estimate of drug-likeness (QED) is 0.634. The van der Waals surface area contributed by atoms with Gasteiger partial charge in [-0.25, -0.2) is 0 Å². The van der Waals surface area contributed by atoms with Crippen molar-refractivity contribution in [2.75, 3.05) is 13.1 Å². The highest BCUT2D eigenvalue weighted by atomic mass is 16.2. The van der Waals surface area contributed by atoms with Gasteiger partial charge in [0, 0.05) is 13.1 Å². The van der Waals surface area contributed by atoms with Gasteiger partial charge >= 0.3 is 0 Å². The molecule has 2 fully saturated rings. The minimum absolute atomic E-state index is 0.103. The first-order chi connectivity index (χ1) is 6.78. The molecule has 1 saturated carbocycles. The Balaban J connectivity index is 2.03. The average molecular weight is 192 g/mol. The van der Waals surface area contributed by atoms with Crippen LogP contribution in [-0.2, 0) is 4.79 Å². The third kappa shape index (κ3) is 1.39. The Hall–Kier alpha value is -1.04. The lowest BCUT2D eigenvalue weighted by atomic mass is 9.69. The van der Waals surface area contributed by atoms with E-state index in [1.54, 1.807) is 0 Å². The molecule has 1 amide bonds. The predicted molar refractivity (Wildman–Crippen MR) is 52.3 cm³/mol. The molecule has 0 spiro atoms. The van der Waals surface area contributed by atoms with E-state index in [9.17, 15) is 4.79 Å². The molecular formula is C11H16N2O. The van der Waals surface area contributed by atoms with Crippen molar-refractivity contribution >= 4 is 5.91 Å². The number of nitrogens with zero attached hydrogens (tertiary/aromatic N) is 2. The van der Waals surface area contributed by atoms with Gasteiger partial charge < -0.3 is 4.90 Å². The van der Waals surface area contributed by atoms with Crippen LogP contribution in [-0.4, -0.2) is 23.9 Å². The second kappa shape index (κ2) is 3.61. The van der Waals surface area contributed by atoms with Crippen molar-refractivity contribution in [2.45, 2.75) is 38.5 Å². The van der Waals surface area contributed by atoms with E-state index in [0.29, 0.717) is 0 Å². The summed E-state index contributed by atoms with van der Waals surface area (Å²) in [6.07, 6.45) is 6.02. The van der Waals surface area contributed by atoms with E-state index >= 15 is 0 Å². The molecular weight excluding hydrogens is 176 g/mol. The van der Waals surface area contributed by atoms with Gasteiger partial charge in [-0.1, -0.05) is 0 Å². The fourth-order valence-corrected chi connectivity index (χ4v) is 2.30. The van der Waals surface area contributed by atoms with E-state index in [2.05, 4.69) is 6.07 Å². The first kappa shape index (κ1) is 9.51. The van der Waals surface area contributed by atoms with Gasteiger partial charge in [0.25, 0.3) is 0 Å². The summed E-state index contributed by atoms with van der Waals surface area (Å²) >= 11 is 0. The number of amides is 1. The summed E-state index contributed by atoms with van der Waals surface area (Å²) in [5, 5.41) is 9.04. The minimum Gasteiger partial charge on any atom is -0.341 e. The highest BCUT2D eigenvalue weighted by Gasteiger charge is 2.46. The Morgan fingerprint density at radius 3 is 2.21 bits per heavy atom. The zero-order chi connectivity index (χ0) is 10.0. The number of hydrogen-bond donors (Lipinski definition) is 0. The zero-order valence-corrected chi connectivity index (χ0v) is 8.46. The molecule has 2 rings (SSSR count). The fourth-order valence-electron chi connectivity index (χ4n) is 2.30. The summed E-state index contributed by atoms with van der Waals surface area (Å²) in [5.41, 5.74) is -0.628. The number of nitriles is 1. The standard InChI is InChI=1S/C11H16N2O/c12-9-11(5-4-6-11)10(14)13-7-2-1-3-8-13/h1-8H2. The molecule has 0 atom stereocenters. The van der Waals surface area contributed by atoms with E-state index in [0.717, 1.165) is 45.2 Å². The summed E-state index contributed by atoms with van der Waals surface area (Å²) in [7, 11) is 0. The molecule has 0 unspecified atom stereocenters. The molecule has 3 heteroatoms. The topological polar surface area (TPSA) is 44.1 Å². The minimum atomic E-state index is -0.628. The second-order valence-electron chi connectivity index (χ2n) is 4.40. The van der Waals surface area contributed by atoms with Crippen LogP contribution in [0.1, 0.15) is 38.5 Å². The Labute approximate surface area is 84.7 Å². The van der Waals surface area contributed by atoms with E-state index < -0.39 is 5.41 Å². The number of hydrogen-bond acceptors (Lipinski definition) is 2. The maximum absolute atomic E-state index is 12.0. The van der Waals surface area contributed by atoms with Gasteiger partial charge in [-0.15, -0.1) is 0 Å². The Kier molecular flexibility index (Phi) is 2.45. The van der Waals surface area contributed by atoms with E-state index in [4.69, 9.17) is 5.26 Å². The van der Waals surface area contributed by atoms with Gasteiger partial charge in [0.2, 0.25) is 5.91 Å². The molecule has 0 N–H and O–H groups in total. The Bertz CT molecular complexity index is 270. The van der Waals surface area contributed by atoms with Crippen LogP contribution in [0.2, 0.25) is 0 Å². The average Bonchev–Trinajstić information content (AvgIpc) is 2.18. The number of carbonyl (C=O) groups is 1. The Morgan fingerprint density at radius 2 is 1.79 bits per heavy atom. The first-order valence-corrected chi connectivity index (χ1v) is 5.49. The van der Waals surface area contributed by atoms with Gasteiger partial charge in [0.15, 0.2) is 0 Å². The smallest absolute Gasteiger partial charge is 0.243 e. The van der Waals surface area contributed by atoms with Crippen LogP contribution in [0.4, 0.5) is 0 Å². The molecule has 1 aliphatic carbocycles. The van der Waals surface area contributed by atoms with Crippen LogP contribution in [0, 0.1) is 16.7 Å². The summed E-state index contributed by atoms with van der Waals surface area (Å²) in [5.74, 6) is 0.103. The van der Waals surface area contributed by atoms with Crippen molar-refractivity contribution < 1.29 is 4.79 Å². The third-order valence-electron chi connectivity index (χ3n) is 3.47. The van der Waals surface area contributed by atoms with E-state index in [1.165, 1.54) is 6.42 Å². The highest BCUT2D eigenvalue weighted by molar-refractivity contribution is 5.86. The normalized spacial score (nSPS) is 24.9. The van der Waals surface area contributed by atoms with Crippen LogP contribution in [0.5, 0.6) is 0 Å². The van der Waals surface area contributed by atoms with Gasteiger partial charge in [-0.05, 0) is 38.5 Å². The molecule has 0 aromatic heterocycles. The number of rotatable bonds is 1. The summed E-state index contributed by atoms with van der Waals surface area (Å²) in [6, 6.07) is 2.22. The predicted octanol–water partition coefficient (Wildman–Crippen LogP) is 1.69. The maximum Gasteiger partial charge on any atom is 0.243 e.